The average Bonchev–Trinajstić information content (AvgIpc) is 2.53. The van der Waals surface area contributed by atoms with Crippen molar-refractivity contribution in [2.45, 2.75) is 4.90 Å². The number of hydrazine groups is 1. The molecule has 114 valence electrons. The zero-order chi connectivity index (χ0) is 16.1. The second-order valence-corrected chi connectivity index (χ2v) is 6.46. The molecule has 0 aliphatic rings. The van der Waals surface area contributed by atoms with Crippen molar-refractivity contribution in [1.82, 2.24) is 10.9 Å². The van der Waals surface area contributed by atoms with Crippen molar-refractivity contribution in [3.05, 3.63) is 63.1 Å². The molecule has 0 atom stereocenters. The lowest BCUT2D eigenvalue weighted by molar-refractivity contribution is 0.0846. The van der Waals surface area contributed by atoms with Crippen LogP contribution in [0.25, 0.3) is 0 Å². The second kappa shape index (κ2) is 7.67. The van der Waals surface area contributed by atoms with Gasteiger partial charge in [-0.2, -0.15) is 0 Å². The van der Waals surface area contributed by atoms with E-state index in [4.69, 9.17) is 11.6 Å². The normalized spacial score (nSPS) is 10.1. The fourth-order valence-corrected chi connectivity index (χ4v) is 2.57. The summed E-state index contributed by atoms with van der Waals surface area (Å²) in [5, 5.41) is 0.327. The van der Waals surface area contributed by atoms with Crippen LogP contribution >= 0.6 is 39.3 Å². The fraction of sp³-hybridized carbons (Fsp3) is 0.0667. The number of benzene rings is 2. The Hall–Kier alpha value is -1.50. The molecular formula is C15H12BrClN2O2S. The van der Waals surface area contributed by atoms with Gasteiger partial charge < -0.3 is 0 Å². The molecular weight excluding hydrogens is 388 g/mol. The van der Waals surface area contributed by atoms with Crippen LogP contribution in [0, 0.1) is 0 Å². The van der Waals surface area contributed by atoms with Crippen molar-refractivity contribution in [3.63, 3.8) is 0 Å². The molecule has 0 saturated heterocycles. The summed E-state index contributed by atoms with van der Waals surface area (Å²) >= 11 is 10.8. The summed E-state index contributed by atoms with van der Waals surface area (Å²) in [6.45, 7) is 0. The van der Waals surface area contributed by atoms with Crippen molar-refractivity contribution < 1.29 is 9.59 Å². The lowest BCUT2D eigenvalue weighted by Crippen LogP contribution is -2.41. The van der Waals surface area contributed by atoms with E-state index in [1.807, 2.05) is 12.3 Å². The summed E-state index contributed by atoms with van der Waals surface area (Å²) in [5.74, 6) is -0.871. The first-order valence-corrected chi connectivity index (χ1v) is 8.60. The lowest BCUT2D eigenvalue weighted by atomic mass is 10.2. The topological polar surface area (TPSA) is 58.2 Å². The minimum absolute atomic E-state index is 0.310. The van der Waals surface area contributed by atoms with E-state index in [0.29, 0.717) is 16.1 Å². The summed E-state index contributed by atoms with van der Waals surface area (Å²) in [6.07, 6.45) is 1.90. The van der Waals surface area contributed by atoms with Crippen LogP contribution in [0.4, 0.5) is 0 Å². The SMILES string of the molecule is CSc1ccc(Cl)c(C(=O)NNC(=O)c2ccc(Br)cc2)c1. The van der Waals surface area contributed by atoms with E-state index >= 15 is 0 Å². The van der Waals surface area contributed by atoms with E-state index in [1.165, 1.54) is 11.8 Å². The maximum atomic E-state index is 12.1. The Bertz CT molecular complexity index is 707. The first-order chi connectivity index (χ1) is 10.5. The van der Waals surface area contributed by atoms with Gasteiger partial charge in [0, 0.05) is 14.9 Å². The number of hydrogen-bond donors (Lipinski definition) is 2. The number of nitrogens with one attached hydrogen (secondary N) is 2. The average molecular weight is 400 g/mol. The molecule has 4 nitrogen and oxygen atoms in total. The van der Waals surface area contributed by atoms with Crippen LogP contribution in [0.3, 0.4) is 0 Å². The van der Waals surface area contributed by atoms with Crippen LogP contribution in [-0.4, -0.2) is 18.1 Å². The molecule has 0 bridgehead atoms. The van der Waals surface area contributed by atoms with Crippen molar-refractivity contribution in [3.8, 4) is 0 Å². The maximum Gasteiger partial charge on any atom is 0.271 e. The fourth-order valence-electron chi connectivity index (χ4n) is 1.66. The maximum absolute atomic E-state index is 12.1. The summed E-state index contributed by atoms with van der Waals surface area (Å²) in [7, 11) is 0. The van der Waals surface area contributed by atoms with Crippen LogP contribution in [0.1, 0.15) is 20.7 Å². The van der Waals surface area contributed by atoms with E-state index in [1.54, 1.807) is 36.4 Å². The first kappa shape index (κ1) is 16.9. The number of rotatable bonds is 3. The minimum atomic E-state index is -0.466. The van der Waals surface area contributed by atoms with E-state index in [0.717, 1.165) is 9.37 Å². The Kier molecular flexibility index (Phi) is 5.88. The summed E-state index contributed by atoms with van der Waals surface area (Å²) < 4.78 is 0.869. The van der Waals surface area contributed by atoms with E-state index in [-0.39, 0.29) is 0 Å². The van der Waals surface area contributed by atoms with Gasteiger partial charge in [-0.1, -0.05) is 27.5 Å². The van der Waals surface area contributed by atoms with Gasteiger partial charge in [0.1, 0.15) is 0 Å². The van der Waals surface area contributed by atoms with E-state index in [2.05, 4.69) is 26.8 Å². The molecule has 0 fully saturated rings. The van der Waals surface area contributed by atoms with Gasteiger partial charge in [-0.05, 0) is 48.7 Å². The van der Waals surface area contributed by atoms with Crippen LogP contribution < -0.4 is 10.9 Å². The standard InChI is InChI=1S/C15H12BrClN2O2S/c1-22-11-6-7-13(17)12(8-11)15(21)19-18-14(20)9-2-4-10(16)5-3-9/h2-8H,1H3,(H,18,20)(H,19,21). The van der Waals surface area contributed by atoms with Crippen molar-refractivity contribution in [1.29, 1.82) is 0 Å². The predicted molar refractivity (Wildman–Crippen MR) is 92.3 cm³/mol. The Balaban J connectivity index is 2.03. The van der Waals surface area contributed by atoms with Crippen LogP contribution in [0.15, 0.2) is 51.8 Å². The van der Waals surface area contributed by atoms with Gasteiger partial charge in [-0.3, -0.25) is 20.4 Å². The minimum Gasteiger partial charge on any atom is -0.267 e. The Morgan fingerprint density at radius 2 is 1.68 bits per heavy atom. The third kappa shape index (κ3) is 4.25. The van der Waals surface area contributed by atoms with Gasteiger partial charge in [0.05, 0.1) is 10.6 Å². The molecule has 0 heterocycles. The van der Waals surface area contributed by atoms with Gasteiger partial charge >= 0.3 is 0 Å². The summed E-state index contributed by atoms with van der Waals surface area (Å²) in [4.78, 5) is 24.9. The molecule has 2 rings (SSSR count). The van der Waals surface area contributed by atoms with E-state index < -0.39 is 11.8 Å². The van der Waals surface area contributed by atoms with Gasteiger partial charge in [-0.25, -0.2) is 0 Å². The molecule has 2 amide bonds. The lowest BCUT2D eigenvalue weighted by Gasteiger charge is -2.09. The van der Waals surface area contributed by atoms with Crippen LogP contribution in [0.5, 0.6) is 0 Å². The van der Waals surface area contributed by atoms with Crippen molar-refractivity contribution in [2.75, 3.05) is 6.26 Å². The Morgan fingerprint density at radius 3 is 2.32 bits per heavy atom. The van der Waals surface area contributed by atoms with E-state index in [9.17, 15) is 9.59 Å². The largest absolute Gasteiger partial charge is 0.271 e. The third-order valence-corrected chi connectivity index (χ3v) is 4.40. The molecule has 2 N–H and O–H groups in total. The quantitative estimate of drug-likeness (QED) is 0.608. The Morgan fingerprint density at radius 1 is 1.05 bits per heavy atom. The molecule has 0 aliphatic heterocycles. The van der Waals surface area contributed by atoms with Crippen molar-refractivity contribution in [2.24, 2.45) is 0 Å². The van der Waals surface area contributed by atoms with Gasteiger partial charge in [0.2, 0.25) is 0 Å². The number of carbonyl (C=O) groups is 2. The van der Waals surface area contributed by atoms with Crippen LogP contribution in [0.2, 0.25) is 5.02 Å². The smallest absolute Gasteiger partial charge is 0.267 e. The Labute approximate surface area is 145 Å². The molecule has 0 radical (unpaired) electrons. The summed E-state index contributed by atoms with van der Waals surface area (Å²) in [5.41, 5.74) is 5.47. The van der Waals surface area contributed by atoms with Gasteiger partial charge in [0.15, 0.2) is 0 Å². The molecule has 0 unspecified atom stereocenters. The van der Waals surface area contributed by atoms with Crippen LogP contribution in [-0.2, 0) is 0 Å². The van der Waals surface area contributed by atoms with Gasteiger partial charge in [-0.15, -0.1) is 11.8 Å². The molecule has 0 spiro atoms. The molecule has 0 aromatic heterocycles. The molecule has 22 heavy (non-hydrogen) atoms. The zero-order valence-electron chi connectivity index (χ0n) is 11.5. The number of thioether (sulfide) groups is 1. The molecule has 2 aromatic carbocycles. The number of amides is 2. The second-order valence-electron chi connectivity index (χ2n) is 4.26. The highest BCUT2D eigenvalue weighted by molar-refractivity contribution is 9.10. The number of hydrogen-bond acceptors (Lipinski definition) is 3. The first-order valence-electron chi connectivity index (χ1n) is 6.21. The monoisotopic (exact) mass is 398 g/mol. The molecule has 0 saturated carbocycles. The highest BCUT2D eigenvalue weighted by Gasteiger charge is 2.13. The zero-order valence-corrected chi connectivity index (χ0v) is 14.7. The molecule has 2 aromatic rings. The molecule has 7 heteroatoms. The number of halogens is 2. The molecule has 0 aliphatic carbocycles. The van der Waals surface area contributed by atoms with Crippen molar-refractivity contribution >= 4 is 51.1 Å². The third-order valence-electron chi connectivity index (χ3n) is 2.81. The summed E-state index contributed by atoms with van der Waals surface area (Å²) in [6, 6.07) is 11.9. The van der Waals surface area contributed by atoms with Gasteiger partial charge in [0.25, 0.3) is 11.8 Å². The highest BCUT2D eigenvalue weighted by Crippen LogP contribution is 2.22. The number of carbonyl (C=O) groups excluding carboxylic acids is 2. The highest BCUT2D eigenvalue weighted by atomic mass is 79.9. The predicted octanol–water partition coefficient (Wildman–Crippen LogP) is 3.90.